The van der Waals surface area contributed by atoms with Crippen LogP contribution < -0.4 is 15.9 Å². The Morgan fingerprint density at radius 3 is 1.05 bits per heavy atom. The Morgan fingerprint density at radius 2 is 0.810 bits per heavy atom. The lowest BCUT2D eigenvalue weighted by Gasteiger charge is -2.24. The van der Waals surface area contributed by atoms with Gasteiger partial charge in [0.25, 0.3) is 0 Å². The Balaban J connectivity index is 2.29. The van der Waals surface area contributed by atoms with Crippen molar-refractivity contribution in [2.75, 3.05) is 6.42 Å². The van der Waals surface area contributed by atoms with E-state index in [9.17, 15) is 4.39 Å². The van der Waals surface area contributed by atoms with E-state index in [2.05, 4.69) is 0 Å². The molecule has 0 fully saturated rings. The van der Waals surface area contributed by atoms with Crippen molar-refractivity contribution < 1.29 is 4.39 Å². The number of benzene rings is 3. The molecule has 0 nitrogen and oxygen atoms in total. The van der Waals surface area contributed by atoms with Gasteiger partial charge in [0.15, 0.2) is 0 Å². The van der Waals surface area contributed by atoms with E-state index in [1.54, 1.807) is 0 Å². The van der Waals surface area contributed by atoms with E-state index in [4.69, 9.17) is 0 Å². The molecule has 3 aromatic carbocycles. The van der Waals surface area contributed by atoms with Gasteiger partial charge >= 0.3 is 0 Å². The summed E-state index contributed by atoms with van der Waals surface area (Å²) in [6.07, 6.45) is -0.356. The van der Waals surface area contributed by atoms with Crippen molar-refractivity contribution in [2.45, 2.75) is 0 Å². The SMILES string of the molecule is [18F]C[P+](c1ccccc1)(c1ccccc1)c1ccccc1. The molecule has 0 aliphatic heterocycles. The fourth-order valence-corrected chi connectivity index (χ4v) is 6.05. The summed E-state index contributed by atoms with van der Waals surface area (Å²) >= 11 is 0. The van der Waals surface area contributed by atoms with Gasteiger partial charge in [-0.05, 0) is 36.4 Å². The van der Waals surface area contributed by atoms with E-state index in [1.807, 2.05) is 91.0 Å². The zero-order chi connectivity index (χ0) is 14.5. The van der Waals surface area contributed by atoms with Crippen molar-refractivity contribution in [3.63, 3.8) is 0 Å². The van der Waals surface area contributed by atoms with Crippen LogP contribution in [-0.2, 0) is 0 Å². The van der Waals surface area contributed by atoms with Gasteiger partial charge in [-0.15, -0.1) is 0 Å². The molecule has 0 bridgehead atoms. The fourth-order valence-electron chi connectivity index (χ4n) is 2.70. The smallest absolute Gasteiger partial charge is 0.205 e. The van der Waals surface area contributed by atoms with E-state index in [0.717, 1.165) is 15.9 Å². The highest BCUT2D eigenvalue weighted by atomic mass is 31.2. The number of hydrogen-bond acceptors (Lipinski definition) is 0. The first kappa shape index (κ1) is 14.0. The maximum absolute atomic E-state index is 14.4. The highest BCUT2D eigenvalue weighted by Crippen LogP contribution is 2.55. The zero-order valence-corrected chi connectivity index (χ0v) is 12.6. The molecule has 0 saturated carbocycles. The average Bonchev–Trinajstić information content (AvgIpc) is 2.59. The zero-order valence-electron chi connectivity index (χ0n) is 11.7. The molecule has 3 aromatic rings. The lowest BCUT2D eigenvalue weighted by Crippen LogP contribution is -2.32. The minimum Gasteiger partial charge on any atom is -0.205 e. The van der Waals surface area contributed by atoms with Gasteiger partial charge in [0.1, 0.15) is 23.2 Å². The standard InChI is InChI=1S/C19H17FP/c20-16-21(17-10-4-1-5-11-17,18-12-6-2-7-13-18)19-14-8-3-9-15-19/h1-15H,16H2/q+1/i20-1. The van der Waals surface area contributed by atoms with Crippen molar-refractivity contribution in [3.05, 3.63) is 91.0 Å². The highest BCUT2D eigenvalue weighted by Gasteiger charge is 2.45. The first-order chi connectivity index (χ1) is 10.4. The topological polar surface area (TPSA) is 0 Å². The molecular weight excluding hydrogens is 277 g/mol. The van der Waals surface area contributed by atoms with Crippen molar-refractivity contribution >= 4 is 23.2 Å². The van der Waals surface area contributed by atoms with Crippen LogP contribution in [-0.4, -0.2) is 6.42 Å². The molecule has 0 aliphatic carbocycles. The maximum Gasteiger partial charge on any atom is 0.210 e. The summed E-state index contributed by atoms with van der Waals surface area (Å²) in [6.45, 7) is 0. The first-order valence-electron chi connectivity index (χ1n) is 6.99. The molecule has 0 saturated heterocycles. The van der Waals surface area contributed by atoms with Crippen molar-refractivity contribution in [2.24, 2.45) is 0 Å². The molecule has 0 radical (unpaired) electrons. The predicted octanol–water partition coefficient (Wildman–Crippen LogP) is 3.91. The van der Waals surface area contributed by atoms with Gasteiger partial charge in [-0.1, -0.05) is 54.6 Å². The molecule has 0 atom stereocenters. The number of rotatable bonds is 4. The molecule has 0 spiro atoms. The van der Waals surface area contributed by atoms with Gasteiger partial charge in [0.05, 0.1) is 0 Å². The molecule has 2 heteroatoms. The molecule has 0 amide bonds. The molecule has 0 N–H and O–H groups in total. The summed E-state index contributed by atoms with van der Waals surface area (Å²) in [7, 11) is -2.20. The Morgan fingerprint density at radius 1 is 0.524 bits per heavy atom. The normalized spacial score (nSPS) is 11.3. The van der Waals surface area contributed by atoms with Gasteiger partial charge in [0.2, 0.25) is 6.42 Å². The Labute approximate surface area is 125 Å². The third-order valence-electron chi connectivity index (χ3n) is 3.77. The van der Waals surface area contributed by atoms with E-state index in [0.29, 0.717) is 0 Å². The third kappa shape index (κ3) is 2.50. The van der Waals surface area contributed by atoms with Crippen molar-refractivity contribution in [1.29, 1.82) is 0 Å². The summed E-state index contributed by atoms with van der Waals surface area (Å²) in [5, 5.41) is 3.26. The lowest BCUT2D eigenvalue weighted by atomic mass is 10.4. The molecule has 0 unspecified atom stereocenters. The number of hydrogen-bond donors (Lipinski definition) is 0. The van der Waals surface area contributed by atoms with Gasteiger partial charge < -0.3 is 0 Å². The van der Waals surface area contributed by atoms with Gasteiger partial charge in [-0.2, -0.15) is 0 Å². The van der Waals surface area contributed by atoms with Crippen LogP contribution >= 0.6 is 7.26 Å². The van der Waals surface area contributed by atoms with Gasteiger partial charge in [-0.25, -0.2) is 4.39 Å². The van der Waals surface area contributed by atoms with E-state index in [-0.39, 0.29) is 6.42 Å². The van der Waals surface area contributed by atoms with Gasteiger partial charge in [-0.3, -0.25) is 0 Å². The Kier molecular flexibility index (Phi) is 4.13. The monoisotopic (exact) mass is 294 g/mol. The minimum atomic E-state index is -2.20. The van der Waals surface area contributed by atoms with Crippen molar-refractivity contribution in [3.8, 4) is 0 Å². The van der Waals surface area contributed by atoms with Crippen LogP contribution in [0.2, 0.25) is 0 Å². The number of alkyl halides is 1. The molecule has 0 aromatic heterocycles. The van der Waals surface area contributed by atoms with Crippen LogP contribution in [0.4, 0.5) is 4.39 Å². The van der Waals surface area contributed by atoms with Crippen LogP contribution in [0.15, 0.2) is 91.0 Å². The second-order valence-corrected chi connectivity index (χ2v) is 8.34. The predicted molar refractivity (Wildman–Crippen MR) is 91.1 cm³/mol. The van der Waals surface area contributed by atoms with E-state index >= 15 is 0 Å². The average molecular weight is 294 g/mol. The van der Waals surface area contributed by atoms with Crippen LogP contribution in [0.5, 0.6) is 0 Å². The summed E-state index contributed by atoms with van der Waals surface area (Å²) in [6, 6.07) is 30.2. The minimum absolute atomic E-state index is 0.356. The maximum atomic E-state index is 14.4. The lowest BCUT2D eigenvalue weighted by molar-refractivity contribution is 0.599. The van der Waals surface area contributed by atoms with Crippen LogP contribution in [0.25, 0.3) is 0 Å². The highest BCUT2D eigenvalue weighted by molar-refractivity contribution is 7.95. The molecule has 0 aliphatic rings. The van der Waals surface area contributed by atoms with Gasteiger partial charge in [0, 0.05) is 0 Å². The molecular formula is C19H17FP+. The second kappa shape index (κ2) is 6.20. The summed E-state index contributed by atoms with van der Waals surface area (Å²) in [4.78, 5) is 0. The molecule has 0 heterocycles. The Hall–Kier alpha value is -1.98. The third-order valence-corrected chi connectivity index (χ3v) is 7.67. The van der Waals surface area contributed by atoms with Crippen LogP contribution in [0.1, 0.15) is 0 Å². The molecule has 21 heavy (non-hydrogen) atoms. The fraction of sp³-hybridized carbons (Fsp3) is 0.0526. The van der Waals surface area contributed by atoms with Crippen LogP contribution in [0, 0.1) is 0 Å². The quantitative estimate of drug-likeness (QED) is 0.640. The molecule has 104 valence electrons. The summed E-state index contributed by atoms with van der Waals surface area (Å²) in [5.74, 6) is 0. The molecule has 3 rings (SSSR count). The largest absolute Gasteiger partial charge is 0.210 e. The summed E-state index contributed by atoms with van der Waals surface area (Å²) in [5.41, 5.74) is 0. The van der Waals surface area contributed by atoms with E-state index < -0.39 is 7.26 Å². The first-order valence-corrected chi connectivity index (χ1v) is 8.96. The second-order valence-electron chi connectivity index (χ2n) is 4.94. The summed E-state index contributed by atoms with van der Waals surface area (Å²) < 4.78 is 14.4. The van der Waals surface area contributed by atoms with Crippen molar-refractivity contribution in [1.82, 2.24) is 0 Å². The number of halogens is 1. The Bertz CT molecular complexity index is 584. The van der Waals surface area contributed by atoms with Crippen LogP contribution in [0.3, 0.4) is 0 Å². The van der Waals surface area contributed by atoms with E-state index in [1.165, 1.54) is 0 Å².